The average Bonchev–Trinajstić information content (AvgIpc) is 2.24. The van der Waals surface area contributed by atoms with E-state index >= 15 is 0 Å². The first kappa shape index (κ1) is 14.7. The number of nitrogens with two attached hydrogens (primary N) is 1. The fraction of sp³-hybridized carbons (Fsp3) is 0.500. The molecule has 0 spiro atoms. The summed E-state index contributed by atoms with van der Waals surface area (Å²) >= 11 is 0. The molecule has 0 saturated heterocycles. The van der Waals surface area contributed by atoms with Gasteiger partial charge in [-0.15, -0.1) is 0 Å². The second-order valence-corrected chi connectivity index (χ2v) is 6.77. The van der Waals surface area contributed by atoms with Crippen LogP contribution in [-0.4, -0.2) is 19.4 Å². The number of nitro groups is 1. The summed E-state index contributed by atoms with van der Waals surface area (Å²) in [4.78, 5) is 9.84. The lowest BCUT2D eigenvalue weighted by molar-refractivity contribution is -0.387. The third kappa shape index (κ3) is 2.91. The van der Waals surface area contributed by atoms with Crippen LogP contribution in [-0.2, 0) is 10.0 Å². The molecule has 110 valence electrons. The van der Waals surface area contributed by atoms with E-state index in [0.717, 1.165) is 31.4 Å². The first-order chi connectivity index (χ1) is 9.31. The Morgan fingerprint density at radius 3 is 2.60 bits per heavy atom. The molecule has 0 aromatic heterocycles. The Morgan fingerprint density at radius 1 is 1.45 bits per heavy atom. The lowest BCUT2D eigenvalue weighted by atomic mass is 9.81. The highest BCUT2D eigenvalue weighted by Crippen LogP contribution is 2.31. The summed E-state index contributed by atoms with van der Waals surface area (Å²) in [6.45, 7) is 1.78. The monoisotopic (exact) mass is 299 g/mol. The summed E-state index contributed by atoms with van der Waals surface area (Å²) in [7, 11) is -3.95. The Bertz CT molecular complexity index is 626. The van der Waals surface area contributed by atoms with E-state index in [9.17, 15) is 18.5 Å². The predicted octanol–water partition coefficient (Wildman–Crippen LogP) is 1.64. The third-order valence-electron chi connectivity index (χ3n) is 3.67. The van der Waals surface area contributed by atoms with Crippen molar-refractivity contribution in [3.63, 3.8) is 0 Å². The number of nitrogen functional groups attached to an aromatic ring is 1. The van der Waals surface area contributed by atoms with Crippen molar-refractivity contribution in [3.05, 3.63) is 28.3 Å². The number of benzene rings is 1. The zero-order valence-electron chi connectivity index (χ0n) is 11.1. The molecule has 1 aliphatic carbocycles. The van der Waals surface area contributed by atoms with Gasteiger partial charge in [-0.2, -0.15) is 0 Å². The van der Waals surface area contributed by atoms with Gasteiger partial charge in [-0.05, 0) is 37.8 Å². The molecule has 2 rings (SSSR count). The van der Waals surface area contributed by atoms with E-state index in [1.807, 2.05) is 0 Å². The van der Waals surface area contributed by atoms with Crippen LogP contribution < -0.4 is 10.5 Å². The maximum absolute atomic E-state index is 12.3. The van der Waals surface area contributed by atoms with Gasteiger partial charge in [-0.3, -0.25) is 10.1 Å². The molecule has 1 saturated carbocycles. The van der Waals surface area contributed by atoms with Crippen molar-refractivity contribution in [2.75, 3.05) is 5.73 Å². The van der Waals surface area contributed by atoms with E-state index in [4.69, 9.17) is 5.73 Å². The number of hydrogen-bond acceptors (Lipinski definition) is 5. The summed E-state index contributed by atoms with van der Waals surface area (Å²) in [6, 6.07) is 3.30. The van der Waals surface area contributed by atoms with Gasteiger partial charge >= 0.3 is 0 Å². The Kier molecular flexibility index (Phi) is 3.96. The number of hydrogen-bond donors (Lipinski definition) is 2. The van der Waals surface area contributed by atoms with Crippen molar-refractivity contribution in [2.24, 2.45) is 5.92 Å². The van der Waals surface area contributed by atoms with Crippen molar-refractivity contribution in [2.45, 2.75) is 37.1 Å². The highest BCUT2D eigenvalue weighted by Gasteiger charge is 2.31. The lowest BCUT2D eigenvalue weighted by Crippen LogP contribution is -2.40. The van der Waals surface area contributed by atoms with Crippen LogP contribution >= 0.6 is 0 Å². The molecular formula is C12H17N3O4S. The van der Waals surface area contributed by atoms with E-state index in [-0.39, 0.29) is 16.6 Å². The van der Waals surface area contributed by atoms with Gasteiger partial charge in [0.15, 0.2) is 4.90 Å². The van der Waals surface area contributed by atoms with Crippen LogP contribution in [0.5, 0.6) is 0 Å². The minimum absolute atomic E-state index is 0.173. The zero-order chi connectivity index (χ0) is 14.9. The Balaban J connectivity index is 2.32. The minimum atomic E-state index is -3.95. The molecule has 1 aromatic carbocycles. The van der Waals surface area contributed by atoms with Gasteiger partial charge in [-0.25, -0.2) is 13.1 Å². The standard InChI is InChI=1S/C12H17N3O4S/c1-8(9-3-2-4-9)14-20(18,19)12-7-10(13)5-6-11(12)15(16)17/h5-9,14H,2-4,13H2,1H3. The van der Waals surface area contributed by atoms with Crippen molar-refractivity contribution >= 4 is 21.4 Å². The van der Waals surface area contributed by atoms with E-state index in [1.165, 1.54) is 6.07 Å². The first-order valence-electron chi connectivity index (χ1n) is 6.37. The molecule has 1 atom stereocenters. The molecule has 20 heavy (non-hydrogen) atoms. The molecule has 1 unspecified atom stereocenters. The maximum Gasteiger partial charge on any atom is 0.289 e. The molecule has 1 aromatic rings. The molecule has 0 aliphatic heterocycles. The number of anilines is 1. The second kappa shape index (κ2) is 5.37. The molecule has 0 amide bonds. The Morgan fingerprint density at radius 2 is 2.10 bits per heavy atom. The molecule has 0 radical (unpaired) electrons. The fourth-order valence-corrected chi connectivity index (χ4v) is 3.76. The van der Waals surface area contributed by atoms with Crippen LogP contribution in [0.25, 0.3) is 0 Å². The largest absolute Gasteiger partial charge is 0.399 e. The van der Waals surface area contributed by atoms with E-state index < -0.39 is 20.6 Å². The Hall–Kier alpha value is -1.67. The molecule has 0 heterocycles. The lowest BCUT2D eigenvalue weighted by Gasteiger charge is -2.31. The van der Waals surface area contributed by atoms with Crippen molar-refractivity contribution in [1.82, 2.24) is 4.72 Å². The quantitative estimate of drug-likeness (QED) is 0.487. The van der Waals surface area contributed by atoms with Crippen LogP contribution in [0.15, 0.2) is 23.1 Å². The summed E-state index contributed by atoms with van der Waals surface area (Å²) in [5.74, 6) is 0.296. The third-order valence-corrected chi connectivity index (χ3v) is 5.26. The zero-order valence-corrected chi connectivity index (χ0v) is 11.9. The van der Waals surface area contributed by atoms with Gasteiger partial charge in [0.2, 0.25) is 10.0 Å². The van der Waals surface area contributed by atoms with Gasteiger partial charge in [-0.1, -0.05) is 6.42 Å². The van der Waals surface area contributed by atoms with Gasteiger partial charge in [0.1, 0.15) is 0 Å². The van der Waals surface area contributed by atoms with Gasteiger partial charge in [0.25, 0.3) is 5.69 Å². The minimum Gasteiger partial charge on any atom is -0.399 e. The number of nitrogens with one attached hydrogen (secondary N) is 1. The molecule has 8 heteroatoms. The molecule has 7 nitrogen and oxygen atoms in total. The second-order valence-electron chi connectivity index (χ2n) is 5.09. The van der Waals surface area contributed by atoms with Crippen LogP contribution in [0.3, 0.4) is 0 Å². The van der Waals surface area contributed by atoms with Crippen LogP contribution in [0, 0.1) is 16.0 Å². The molecular weight excluding hydrogens is 282 g/mol. The van der Waals surface area contributed by atoms with Crippen LogP contribution in [0.2, 0.25) is 0 Å². The summed E-state index contributed by atoms with van der Waals surface area (Å²) in [6.07, 6.45) is 3.04. The van der Waals surface area contributed by atoms with E-state index in [1.54, 1.807) is 6.92 Å². The smallest absolute Gasteiger partial charge is 0.289 e. The molecule has 1 aliphatic rings. The Labute approximate surface area is 117 Å². The normalized spacial score (nSPS) is 17.4. The van der Waals surface area contributed by atoms with Crippen LogP contribution in [0.1, 0.15) is 26.2 Å². The molecule has 0 bridgehead atoms. The van der Waals surface area contributed by atoms with Crippen molar-refractivity contribution in [1.29, 1.82) is 0 Å². The number of nitrogens with zero attached hydrogens (tertiary/aromatic N) is 1. The SMILES string of the molecule is CC(NS(=O)(=O)c1cc(N)ccc1[N+](=O)[O-])C1CCC1. The highest BCUT2D eigenvalue weighted by atomic mass is 32.2. The molecule has 3 N–H and O–H groups in total. The van der Waals surface area contributed by atoms with Crippen LogP contribution in [0.4, 0.5) is 11.4 Å². The van der Waals surface area contributed by atoms with E-state index in [2.05, 4.69) is 4.72 Å². The highest BCUT2D eigenvalue weighted by molar-refractivity contribution is 7.89. The summed E-state index contributed by atoms with van der Waals surface area (Å²) in [5.41, 5.74) is 5.25. The summed E-state index contributed by atoms with van der Waals surface area (Å²) in [5, 5.41) is 10.9. The van der Waals surface area contributed by atoms with Crippen molar-refractivity contribution in [3.8, 4) is 0 Å². The maximum atomic E-state index is 12.3. The number of nitro benzene ring substituents is 1. The fourth-order valence-electron chi connectivity index (χ4n) is 2.24. The topological polar surface area (TPSA) is 115 Å². The number of rotatable bonds is 5. The first-order valence-corrected chi connectivity index (χ1v) is 7.86. The summed E-state index contributed by atoms with van der Waals surface area (Å²) < 4.78 is 27.1. The van der Waals surface area contributed by atoms with Crippen molar-refractivity contribution < 1.29 is 13.3 Å². The van der Waals surface area contributed by atoms with E-state index in [0.29, 0.717) is 5.92 Å². The average molecular weight is 299 g/mol. The van der Waals surface area contributed by atoms with Gasteiger partial charge in [0.05, 0.1) is 4.92 Å². The molecule has 1 fully saturated rings. The van der Waals surface area contributed by atoms with Gasteiger partial charge in [0, 0.05) is 17.8 Å². The van der Waals surface area contributed by atoms with Gasteiger partial charge < -0.3 is 5.73 Å². The predicted molar refractivity (Wildman–Crippen MR) is 74.6 cm³/mol. The number of sulfonamides is 1.